The number of hydrogen-bond donors (Lipinski definition) is 1. The van der Waals surface area contributed by atoms with Crippen molar-refractivity contribution in [3.8, 4) is 0 Å². The number of nitrogens with zero attached hydrogens (tertiary/aromatic N) is 2. The van der Waals surface area contributed by atoms with Crippen molar-refractivity contribution < 1.29 is 8.42 Å². The molecule has 1 aromatic heterocycles. The number of rotatable bonds is 2. The van der Waals surface area contributed by atoms with Crippen molar-refractivity contribution in [1.82, 2.24) is 9.78 Å². The topological polar surface area (TPSA) is 78.0 Å². The van der Waals surface area contributed by atoms with Gasteiger partial charge in [0.15, 0.2) is 9.84 Å². The van der Waals surface area contributed by atoms with E-state index in [2.05, 4.69) is 13.8 Å². The second-order valence-electron chi connectivity index (χ2n) is 7.28. The molecule has 21 heavy (non-hydrogen) atoms. The lowest BCUT2D eigenvalue weighted by molar-refractivity contribution is 0.195. The molecule has 0 radical (unpaired) electrons. The van der Waals surface area contributed by atoms with Gasteiger partial charge in [-0.15, -0.1) is 0 Å². The van der Waals surface area contributed by atoms with Gasteiger partial charge in [-0.3, -0.25) is 0 Å². The summed E-state index contributed by atoms with van der Waals surface area (Å²) in [7, 11) is -2.92. The smallest absolute Gasteiger partial charge is 0.152 e. The van der Waals surface area contributed by atoms with E-state index in [1.165, 1.54) is 19.3 Å². The van der Waals surface area contributed by atoms with Gasteiger partial charge in [0.25, 0.3) is 0 Å². The van der Waals surface area contributed by atoms with Crippen molar-refractivity contribution in [3.63, 3.8) is 0 Å². The average Bonchev–Trinajstić information content (AvgIpc) is 2.91. The Morgan fingerprint density at radius 1 is 1.33 bits per heavy atom. The molecule has 2 unspecified atom stereocenters. The highest BCUT2D eigenvalue weighted by Gasteiger charge is 2.36. The summed E-state index contributed by atoms with van der Waals surface area (Å²) in [6.45, 7) is 4.60. The number of aromatic nitrogens is 2. The van der Waals surface area contributed by atoms with Gasteiger partial charge < -0.3 is 5.73 Å². The molecular weight excluding hydrogens is 286 g/mol. The number of hydrogen-bond acceptors (Lipinski definition) is 4. The second kappa shape index (κ2) is 5.00. The molecule has 1 aliphatic heterocycles. The third kappa shape index (κ3) is 2.82. The average molecular weight is 311 g/mol. The van der Waals surface area contributed by atoms with Crippen LogP contribution >= 0.6 is 0 Å². The van der Waals surface area contributed by atoms with Gasteiger partial charge in [0.05, 0.1) is 23.2 Å². The lowest BCUT2D eigenvalue weighted by atomic mass is 9.67. The summed E-state index contributed by atoms with van der Waals surface area (Å²) in [6, 6.07) is 1.87. The molecule has 2 aliphatic rings. The Morgan fingerprint density at radius 2 is 2.10 bits per heavy atom. The van der Waals surface area contributed by atoms with Crippen LogP contribution in [0, 0.1) is 5.41 Å². The zero-order valence-corrected chi connectivity index (χ0v) is 13.7. The highest BCUT2D eigenvalue weighted by Crippen LogP contribution is 2.46. The number of sulfone groups is 1. The Labute approximate surface area is 126 Å². The van der Waals surface area contributed by atoms with Crippen LogP contribution < -0.4 is 5.73 Å². The van der Waals surface area contributed by atoms with Gasteiger partial charge in [-0.25, -0.2) is 13.1 Å². The largest absolute Gasteiger partial charge is 0.384 e. The second-order valence-corrected chi connectivity index (χ2v) is 9.51. The van der Waals surface area contributed by atoms with E-state index >= 15 is 0 Å². The molecule has 1 aliphatic carbocycles. The van der Waals surface area contributed by atoms with Crippen molar-refractivity contribution >= 4 is 15.7 Å². The number of nitrogen functional groups attached to an aromatic ring is 1. The maximum Gasteiger partial charge on any atom is 0.152 e. The maximum atomic E-state index is 11.7. The quantitative estimate of drug-likeness (QED) is 0.910. The zero-order chi connectivity index (χ0) is 15.3. The van der Waals surface area contributed by atoms with Gasteiger partial charge in [-0.05, 0) is 24.7 Å². The number of nitrogens with two attached hydrogens (primary N) is 1. The summed E-state index contributed by atoms with van der Waals surface area (Å²) in [4.78, 5) is 0. The molecule has 118 valence electrons. The molecule has 0 spiro atoms. The molecule has 1 saturated heterocycles. The molecule has 2 fully saturated rings. The fourth-order valence-corrected chi connectivity index (χ4v) is 5.59. The monoisotopic (exact) mass is 311 g/mol. The molecule has 2 atom stereocenters. The highest BCUT2D eigenvalue weighted by molar-refractivity contribution is 7.91. The molecule has 2 heterocycles. The van der Waals surface area contributed by atoms with Crippen LogP contribution in [0.4, 0.5) is 5.82 Å². The number of anilines is 1. The van der Waals surface area contributed by atoms with E-state index in [0.717, 1.165) is 12.1 Å². The minimum Gasteiger partial charge on any atom is -0.384 e. The van der Waals surface area contributed by atoms with Crippen LogP contribution in [0.3, 0.4) is 0 Å². The van der Waals surface area contributed by atoms with Crippen molar-refractivity contribution in [3.05, 3.63) is 11.8 Å². The van der Waals surface area contributed by atoms with Crippen molar-refractivity contribution in [2.24, 2.45) is 5.41 Å². The fraction of sp³-hybridized carbons (Fsp3) is 0.800. The summed E-state index contributed by atoms with van der Waals surface area (Å²) in [6.07, 6.45) is 5.50. The molecule has 6 heteroatoms. The van der Waals surface area contributed by atoms with E-state index in [9.17, 15) is 8.42 Å². The molecule has 5 nitrogen and oxygen atoms in total. The van der Waals surface area contributed by atoms with E-state index < -0.39 is 9.84 Å². The van der Waals surface area contributed by atoms with Crippen molar-refractivity contribution in [2.75, 3.05) is 17.2 Å². The normalized spacial score (nSPS) is 31.3. The van der Waals surface area contributed by atoms with Crippen LogP contribution in [0.15, 0.2) is 6.07 Å². The summed E-state index contributed by atoms with van der Waals surface area (Å²) >= 11 is 0. The van der Waals surface area contributed by atoms with Crippen LogP contribution in [0.1, 0.15) is 63.6 Å². The lowest BCUT2D eigenvalue weighted by Gasteiger charge is -2.37. The van der Waals surface area contributed by atoms with Crippen molar-refractivity contribution in [2.45, 2.75) is 57.9 Å². The first-order valence-corrected chi connectivity index (χ1v) is 9.66. The third-order valence-electron chi connectivity index (χ3n) is 5.20. The van der Waals surface area contributed by atoms with Gasteiger partial charge >= 0.3 is 0 Å². The van der Waals surface area contributed by atoms with Gasteiger partial charge in [0.1, 0.15) is 5.82 Å². The van der Waals surface area contributed by atoms with E-state index in [4.69, 9.17) is 10.8 Å². The first-order chi connectivity index (χ1) is 9.78. The standard InChI is InChI=1S/C15H25N3O2S/c1-15(2)7-4-3-5-12(15)13-9-14(16)18(17-13)11-6-8-21(19,20)10-11/h9,11-12H,3-8,10,16H2,1-2H3. The summed E-state index contributed by atoms with van der Waals surface area (Å²) in [5, 5.41) is 4.70. The molecule has 0 bridgehead atoms. The third-order valence-corrected chi connectivity index (χ3v) is 6.95. The molecule has 0 amide bonds. The first-order valence-electron chi connectivity index (χ1n) is 7.84. The van der Waals surface area contributed by atoms with E-state index in [1.54, 1.807) is 4.68 Å². The van der Waals surface area contributed by atoms with Gasteiger partial charge in [-0.2, -0.15) is 5.10 Å². The Kier molecular flexibility index (Phi) is 3.55. The molecule has 1 saturated carbocycles. The Morgan fingerprint density at radius 3 is 2.71 bits per heavy atom. The summed E-state index contributed by atoms with van der Waals surface area (Å²) in [5.41, 5.74) is 7.40. The zero-order valence-electron chi connectivity index (χ0n) is 12.9. The lowest BCUT2D eigenvalue weighted by Crippen LogP contribution is -2.26. The minimum atomic E-state index is -2.92. The van der Waals surface area contributed by atoms with Crippen LogP contribution in [-0.4, -0.2) is 29.7 Å². The van der Waals surface area contributed by atoms with E-state index in [-0.39, 0.29) is 23.0 Å². The SMILES string of the molecule is CC1(C)CCCCC1c1cc(N)n(C2CCS(=O)(=O)C2)n1. The van der Waals surface area contributed by atoms with E-state index in [0.29, 0.717) is 18.2 Å². The molecular formula is C15H25N3O2S. The molecule has 2 N–H and O–H groups in total. The Bertz CT molecular complexity index is 633. The molecule has 1 aromatic rings. The van der Waals surface area contributed by atoms with Crippen LogP contribution in [-0.2, 0) is 9.84 Å². The molecule has 3 rings (SSSR count). The predicted molar refractivity (Wildman–Crippen MR) is 83.9 cm³/mol. The van der Waals surface area contributed by atoms with Gasteiger partial charge in [0, 0.05) is 12.0 Å². The summed E-state index contributed by atoms with van der Waals surface area (Å²) < 4.78 is 25.1. The predicted octanol–water partition coefficient (Wildman–Crippen LogP) is 2.51. The summed E-state index contributed by atoms with van der Waals surface area (Å²) in [5.74, 6) is 1.45. The van der Waals surface area contributed by atoms with E-state index in [1.807, 2.05) is 6.07 Å². The Hall–Kier alpha value is -1.04. The fourth-order valence-electron chi connectivity index (χ4n) is 3.90. The van der Waals surface area contributed by atoms with Gasteiger partial charge in [-0.1, -0.05) is 26.7 Å². The maximum absolute atomic E-state index is 11.7. The molecule has 0 aromatic carbocycles. The van der Waals surface area contributed by atoms with Crippen LogP contribution in [0.25, 0.3) is 0 Å². The highest BCUT2D eigenvalue weighted by atomic mass is 32.2. The van der Waals surface area contributed by atoms with Crippen molar-refractivity contribution in [1.29, 1.82) is 0 Å². The Balaban J connectivity index is 1.88. The van der Waals surface area contributed by atoms with Crippen LogP contribution in [0.5, 0.6) is 0 Å². The van der Waals surface area contributed by atoms with Gasteiger partial charge in [0.2, 0.25) is 0 Å². The minimum absolute atomic E-state index is 0.0875. The first kappa shape index (κ1) is 14.9. The van der Waals surface area contributed by atoms with Crippen LogP contribution in [0.2, 0.25) is 0 Å².